The minimum Gasteiger partial charge on any atom is -0.339 e. The first-order valence-electron chi connectivity index (χ1n) is 7.68. The Kier molecular flexibility index (Phi) is 6.28. The standard InChI is InChI=1S/C16H19FN4O2.ClH/c1-11-19-15(23-20-11)5-6-16(22)21-8-7-18-10-14(21)12-3-2-4-13(17)9-12;/h2-4,9,14,18H,5-8,10H2,1H3;1H. The Labute approximate surface area is 145 Å². The van der Waals surface area contributed by atoms with Gasteiger partial charge in [-0.1, -0.05) is 17.3 Å². The fourth-order valence-corrected chi connectivity index (χ4v) is 2.81. The second-order valence-electron chi connectivity index (χ2n) is 5.60. The number of nitrogens with zero attached hydrogens (tertiary/aromatic N) is 3. The van der Waals surface area contributed by atoms with Crippen molar-refractivity contribution in [2.75, 3.05) is 19.6 Å². The lowest BCUT2D eigenvalue weighted by Gasteiger charge is -2.36. The second kappa shape index (κ2) is 8.21. The van der Waals surface area contributed by atoms with Gasteiger partial charge in [-0.3, -0.25) is 4.79 Å². The molecule has 0 radical (unpaired) electrons. The van der Waals surface area contributed by atoms with E-state index >= 15 is 0 Å². The van der Waals surface area contributed by atoms with Crippen LogP contribution in [0.5, 0.6) is 0 Å². The van der Waals surface area contributed by atoms with Gasteiger partial charge in [0.15, 0.2) is 5.82 Å². The highest BCUT2D eigenvalue weighted by Gasteiger charge is 2.28. The molecule has 1 saturated heterocycles. The predicted molar refractivity (Wildman–Crippen MR) is 88.3 cm³/mol. The summed E-state index contributed by atoms with van der Waals surface area (Å²) in [5, 5.41) is 6.97. The van der Waals surface area contributed by atoms with Crippen LogP contribution in [0.15, 0.2) is 28.8 Å². The first-order valence-corrected chi connectivity index (χ1v) is 7.68. The Bertz CT molecular complexity index is 694. The SMILES string of the molecule is Cc1noc(CCC(=O)N2CCNCC2c2cccc(F)c2)n1.Cl. The predicted octanol–water partition coefficient (Wildman–Crippen LogP) is 2.04. The molecule has 3 rings (SSSR count). The molecule has 24 heavy (non-hydrogen) atoms. The lowest BCUT2D eigenvalue weighted by molar-refractivity contribution is -0.134. The Hall–Kier alpha value is -1.99. The van der Waals surface area contributed by atoms with Gasteiger partial charge in [0.2, 0.25) is 11.8 Å². The van der Waals surface area contributed by atoms with Crippen molar-refractivity contribution in [1.29, 1.82) is 0 Å². The van der Waals surface area contributed by atoms with E-state index in [0.29, 0.717) is 37.6 Å². The first kappa shape index (κ1) is 18.4. The molecule has 1 amide bonds. The smallest absolute Gasteiger partial charge is 0.227 e. The second-order valence-corrected chi connectivity index (χ2v) is 5.60. The van der Waals surface area contributed by atoms with Crippen LogP contribution >= 0.6 is 12.4 Å². The zero-order chi connectivity index (χ0) is 16.2. The molecule has 0 saturated carbocycles. The maximum absolute atomic E-state index is 13.5. The van der Waals surface area contributed by atoms with Crippen molar-refractivity contribution >= 4 is 18.3 Å². The molecule has 1 aromatic heterocycles. The number of benzene rings is 1. The summed E-state index contributed by atoms with van der Waals surface area (Å²) < 4.78 is 18.5. The molecule has 1 unspecified atom stereocenters. The van der Waals surface area contributed by atoms with Crippen LogP contribution in [0, 0.1) is 12.7 Å². The van der Waals surface area contributed by atoms with Gasteiger partial charge in [-0.2, -0.15) is 4.98 Å². The number of carbonyl (C=O) groups is 1. The van der Waals surface area contributed by atoms with Crippen molar-refractivity contribution in [1.82, 2.24) is 20.4 Å². The summed E-state index contributed by atoms with van der Waals surface area (Å²) in [6.07, 6.45) is 0.715. The topological polar surface area (TPSA) is 71.3 Å². The quantitative estimate of drug-likeness (QED) is 0.909. The van der Waals surface area contributed by atoms with E-state index in [0.717, 1.165) is 12.1 Å². The van der Waals surface area contributed by atoms with E-state index in [9.17, 15) is 9.18 Å². The minimum atomic E-state index is -0.290. The molecule has 2 heterocycles. The van der Waals surface area contributed by atoms with E-state index in [1.54, 1.807) is 17.9 Å². The van der Waals surface area contributed by atoms with Crippen LogP contribution in [0.3, 0.4) is 0 Å². The van der Waals surface area contributed by atoms with Crippen LogP contribution in [-0.2, 0) is 11.2 Å². The van der Waals surface area contributed by atoms with E-state index in [1.807, 2.05) is 6.07 Å². The van der Waals surface area contributed by atoms with Crippen LogP contribution < -0.4 is 5.32 Å². The van der Waals surface area contributed by atoms with Gasteiger partial charge >= 0.3 is 0 Å². The third kappa shape index (κ3) is 4.30. The molecule has 1 atom stereocenters. The van der Waals surface area contributed by atoms with Crippen LogP contribution in [0.25, 0.3) is 0 Å². The number of halogens is 2. The van der Waals surface area contributed by atoms with Crippen LogP contribution in [-0.4, -0.2) is 40.6 Å². The van der Waals surface area contributed by atoms with Crippen LogP contribution in [0.2, 0.25) is 0 Å². The maximum Gasteiger partial charge on any atom is 0.227 e. The van der Waals surface area contributed by atoms with Crippen molar-refractivity contribution in [3.63, 3.8) is 0 Å². The zero-order valence-electron chi connectivity index (χ0n) is 13.4. The van der Waals surface area contributed by atoms with Gasteiger partial charge in [0, 0.05) is 32.5 Å². The average molecular weight is 355 g/mol. The van der Waals surface area contributed by atoms with Gasteiger partial charge < -0.3 is 14.7 Å². The number of aryl methyl sites for hydroxylation is 2. The van der Waals surface area contributed by atoms with E-state index in [2.05, 4.69) is 15.5 Å². The van der Waals surface area contributed by atoms with Crippen LogP contribution in [0.4, 0.5) is 4.39 Å². The first-order chi connectivity index (χ1) is 11.1. The van der Waals surface area contributed by atoms with Gasteiger partial charge in [-0.05, 0) is 24.6 Å². The molecule has 1 aliphatic rings. The van der Waals surface area contributed by atoms with Crippen molar-refractivity contribution in [3.05, 3.63) is 47.4 Å². The van der Waals surface area contributed by atoms with Gasteiger partial charge in [-0.25, -0.2) is 4.39 Å². The number of amides is 1. The van der Waals surface area contributed by atoms with Crippen molar-refractivity contribution in [2.45, 2.75) is 25.8 Å². The van der Waals surface area contributed by atoms with Crippen LogP contribution in [0.1, 0.15) is 29.7 Å². The summed E-state index contributed by atoms with van der Waals surface area (Å²) in [7, 11) is 0. The summed E-state index contributed by atoms with van der Waals surface area (Å²) >= 11 is 0. The number of aromatic nitrogens is 2. The van der Waals surface area contributed by atoms with E-state index in [1.165, 1.54) is 12.1 Å². The number of hydrogen-bond donors (Lipinski definition) is 1. The lowest BCUT2D eigenvalue weighted by Crippen LogP contribution is -2.48. The highest BCUT2D eigenvalue weighted by Crippen LogP contribution is 2.24. The van der Waals surface area contributed by atoms with E-state index < -0.39 is 0 Å². The summed E-state index contributed by atoms with van der Waals surface area (Å²) in [6, 6.07) is 6.26. The molecule has 0 aliphatic carbocycles. The maximum atomic E-state index is 13.5. The molecular weight excluding hydrogens is 335 g/mol. The molecule has 8 heteroatoms. The Morgan fingerprint density at radius 3 is 3.04 bits per heavy atom. The van der Waals surface area contributed by atoms with Gasteiger partial charge in [0.25, 0.3) is 0 Å². The molecular formula is C16H20ClFN4O2. The Morgan fingerprint density at radius 1 is 1.50 bits per heavy atom. The Morgan fingerprint density at radius 2 is 2.33 bits per heavy atom. The minimum absolute atomic E-state index is 0. The summed E-state index contributed by atoms with van der Waals surface area (Å²) in [4.78, 5) is 18.5. The summed E-state index contributed by atoms with van der Waals surface area (Å²) in [5.41, 5.74) is 0.805. The fourth-order valence-electron chi connectivity index (χ4n) is 2.81. The molecule has 130 valence electrons. The van der Waals surface area contributed by atoms with Gasteiger partial charge in [0.1, 0.15) is 5.82 Å². The monoisotopic (exact) mass is 354 g/mol. The van der Waals surface area contributed by atoms with Crippen molar-refractivity contribution in [2.24, 2.45) is 0 Å². The molecule has 0 bridgehead atoms. The molecule has 0 spiro atoms. The number of hydrogen-bond acceptors (Lipinski definition) is 5. The Balaban J connectivity index is 0.00000208. The molecule has 2 aromatic rings. The number of piperazine rings is 1. The zero-order valence-corrected chi connectivity index (χ0v) is 14.2. The lowest BCUT2D eigenvalue weighted by atomic mass is 10.0. The number of nitrogens with one attached hydrogen (secondary N) is 1. The van der Waals surface area contributed by atoms with Gasteiger partial charge in [0.05, 0.1) is 6.04 Å². The average Bonchev–Trinajstić information content (AvgIpc) is 2.98. The van der Waals surface area contributed by atoms with Gasteiger partial charge in [-0.15, -0.1) is 12.4 Å². The highest BCUT2D eigenvalue weighted by atomic mass is 35.5. The highest BCUT2D eigenvalue weighted by molar-refractivity contribution is 5.85. The number of carbonyl (C=O) groups excluding carboxylic acids is 1. The molecule has 1 aliphatic heterocycles. The normalized spacial score (nSPS) is 17.4. The molecule has 1 fully saturated rings. The summed E-state index contributed by atoms with van der Waals surface area (Å²) in [5.74, 6) is 0.749. The third-order valence-corrected chi connectivity index (χ3v) is 3.92. The van der Waals surface area contributed by atoms with Crippen molar-refractivity contribution < 1.29 is 13.7 Å². The largest absolute Gasteiger partial charge is 0.339 e. The number of rotatable bonds is 4. The molecule has 6 nitrogen and oxygen atoms in total. The fraction of sp³-hybridized carbons (Fsp3) is 0.438. The summed E-state index contributed by atoms with van der Waals surface area (Å²) in [6.45, 7) is 3.69. The molecule has 1 N–H and O–H groups in total. The molecule has 1 aromatic carbocycles. The van der Waals surface area contributed by atoms with E-state index in [-0.39, 0.29) is 30.2 Å². The van der Waals surface area contributed by atoms with Crippen molar-refractivity contribution in [3.8, 4) is 0 Å². The van der Waals surface area contributed by atoms with E-state index in [4.69, 9.17) is 4.52 Å². The third-order valence-electron chi connectivity index (χ3n) is 3.92.